The first-order valence-corrected chi connectivity index (χ1v) is 6.80. The molecule has 0 atom stereocenters. The average molecular weight is 283 g/mol. The van der Waals surface area contributed by atoms with Crippen molar-refractivity contribution in [2.45, 2.75) is 58.7 Å². The Hall–Kier alpha value is -1.01. The van der Waals surface area contributed by atoms with Crippen LogP contribution in [0.5, 0.6) is 0 Å². The topological polar surface area (TPSA) is 31.4 Å². The van der Waals surface area contributed by atoms with Crippen LogP contribution in [-0.2, 0) is 15.7 Å². The molecule has 0 amide bonds. The molecule has 6 heteroatoms. The summed E-state index contributed by atoms with van der Waals surface area (Å²) in [4.78, 5) is 3.79. The van der Waals surface area contributed by atoms with Crippen molar-refractivity contribution in [1.29, 1.82) is 0 Å². The van der Waals surface area contributed by atoms with Gasteiger partial charge in [-0.1, -0.05) is 6.92 Å². The third-order valence-electron chi connectivity index (χ3n) is 4.16. The zero-order valence-corrected chi connectivity index (χ0v) is 12.5. The highest BCUT2D eigenvalue weighted by molar-refractivity contribution is 6.62. The Morgan fingerprint density at radius 2 is 1.75 bits per heavy atom. The lowest BCUT2D eigenvalue weighted by Crippen LogP contribution is -2.41. The van der Waals surface area contributed by atoms with Crippen LogP contribution in [0.1, 0.15) is 52.3 Å². The van der Waals surface area contributed by atoms with E-state index in [1.165, 1.54) is 12.3 Å². The third-order valence-corrected chi connectivity index (χ3v) is 4.16. The fourth-order valence-corrected chi connectivity index (χ4v) is 2.12. The van der Waals surface area contributed by atoms with Crippen LogP contribution in [0.25, 0.3) is 0 Å². The van der Waals surface area contributed by atoms with Crippen LogP contribution in [0.3, 0.4) is 0 Å². The maximum absolute atomic E-state index is 12.8. The average Bonchev–Trinajstić information content (AvgIpc) is 2.57. The molecule has 1 aromatic rings. The van der Waals surface area contributed by atoms with Crippen molar-refractivity contribution in [1.82, 2.24) is 4.98 Å². The second kappa shape index (κ2) is 5.08. The SMILES string of the molecule is CCc1cnc(C(F)F)cc1B1OC(C)(C)C(C)(C)O1. The molecule has 0 N–H and O–H groups in total. The summed E-state index contributed by atoms with van der Waals surface area (Å²) in [7, 11) is -0.629. The van der Waals surface area contributed by atoms with Crippen molar-refractivity contribution in [2.75, 3.05) is 0 Å². The Morgan fingerprint density at radius 1 is 1.20 bits per heavy atom. The number of alkyl halides is 2. The van der Waals surface area contributed by atoms with Gasteiger partial charge in [-0.05, 0) is 51.2 Å². The summed E-state index contributed by atoms with van der Waals surface area (Å²) in [5, 5.41) is 0. The molecule has 0 spiro atoms. The maximum atomic E-state index is 12.8. The summed E-state index contributed by atoms with van der Waals surface area (Å²) in [5.74, 6) is 0. The molecular weight excluding hydrogens is 263 g/mol. The van der Waals surface area contributed by atoms with Gasteiger partial charge in [0.2, 0.25) is 0 Å². The number of aryl methyl sites for hydroxylation is 1. The summed E-state index contributed by atoms with van der Waals surface area (Å²) < 4.78 is 37.5. The molecule has 1 aromatic heterocycles. The molecule has 0 bridgehead atoms. The third kappa shape index (κ3) is 2.59. The van der Waals surface area contributed by atoms with Gasteiger partial charge in [-0.3, -0.25) is 4.98 Å². The first-order chi connectivity index (χ1) is 9.18. The Labute approximate surface area is 118 Å². The lowest BCUT2D eigenvalue weighted by atomic mass is 9.75. The van der Waals surface area contributed by atoms with E-state index >= 15 is 0 Å². The maximum Gasteiger partial charge on any atom is 0.495 e. The molecule has 0 aromatic carbocycles. The van der Waals surface area contributed by atoms with Gasteiger partial charge in [-0.2, -0.15) is 0 Å². The Kier molecular flexibility index (Phi) is 3.91. The van der Waals surface area contributed by atoms with Crippen molar-refractivity contribution >= 4 is 12.6 Å². The normalized spacial score (nSPS) is 20.7. The van der Waals surface area contributed by atoms with Crippen molar-refractivity contribution in [3.05, 3.63) is 23.5 Å². The number of aromatic nitrogens is 1. The van der Waals surface area contributed by atoms with Crippen molar-refractivity contribution < 1.29 is 18.1 Å². The molecule has 2 rings (SSSR count). The fraction of sp³-hybridized carbons (Fsp3) is 0.643. The van der Waals surface area contributed by atoms with Gasteiger partial charge in [0.25, 0.3) is 6.43 Å². The number of hydrogen-bond donors (Lipinski definition) is 0. The smallest absolute Gasteiger partial charge is 0.399 e. The van der Waals surface area contributed by atoms with E-state index in [1.54, 1.807) is 0 Å². The summed E-state index contributed by atoms with van der Waals surface area (Å²) in [6, 6.07) is 1.39. The van der Waals surface area contributed by atoms with Gasteiger partial charge in [0, 0.05) is 6.20 Å². The number of hydrogen-bond acceptors (Lipinski definition) is 3. The van der Waals surface area contributed by atoms with Gasteiger partial charge in [0.15, 0.2) is 0 Å². The van der Waals surface area contributed by atoms with E-state index in [-0.39, 0.29) is 5.69 Å². The van der Waals surface area contributed by atoms with Crippen LogP contribution >= 0.6 is 0 Å². The molecule has 1 saturated heterocycles. The van der Waals surface area contributed by atoms with Crippen molar-refractivity contribution in [2.24, 2.45) is 0 Å². The lowest BCUT2D eigenvalue weighted by Gasteiger charge is -2.32. The second-order valence-corrected chi connectivity index (χ2v) is 6.05. The minimum atomic E-state index is -2.60. The number of halogens is 2. The van der Waals surface area contributed by atoms with E-state index < -0.39 is 24.7 Å². The van der Waals surface area contributed by atoms with Gasteiger partial charge < -0.3 is 9.31 Å². The van der Waals surface area contributed by atoms with Gasteiger partial charge in [-0.25, -0.2) is 8.78 Å². The van der Waals surface area contributed by atoms with Crippen LogP contribution < -0.4 is 5.46 Å². The van der Waals surface area contributed by atoms with E-state index in [4.69, 9.17) is 9.31 Å². The standard InChI is InChI=1S/C14H20BF2NO2/c1-6-9-8-18-11(12(16)17)7-10(9)15-19-13(2,3)14(4,5)20-15/h7-8,12H,6H2,1-5H3. The number of rotatable bonds is 3. The number of nitrogens with zero attached hydrogens (tertiary/aromatic N) is 1. The molecule has 0 radical (unpaired) electrons. The minimum absolute atomic E-state index is 0.244. The lowest BCUT2D eigenvalue weighted by molar-refractivity contribution is 0.00578. The largest absolute Gasteiger partial charge is 0.495 e. The minimum Gasteiger partial charge on any atom is -0.399 e. The Balaban J connectivity index is 2.40. The fourth-order valence-electron chi connectivity index (χ4n) is 2.12. The van der Waals surface area contributed by atoms with Crippen LogP contribution in [0, 0.1) is 0 Å². The zero-order valence-electron chi connectivity index (χ0n) is 12.5. The van der Waals surface area contributed by atoms with E-state index in [0.717, 1.165) is 5.56 Å². The molecule has 0 saturated carbocycles. The number of pyridine rings is 1. The van der Waals surface area contributed by atoms with Crippen LogP contribution in [0.15, 0.2) is 12.3 Å². The van der Waals surface area contributed by atoms with Crippen LogP contribution in [-0.4, -0.2) is 23.3 Å². The van der Waals surface area contributed by atoms with Crippen LogP contribution in [0.4, 0.5) is 8.78 Å². The zero-order chi connectivity index (χ0) is 15.1. The quantitative estimate of drug-likeness (QED) is 0.799. The predicted molar refractivity (Wildman–Crippen MR) is 74.3 cm³/mol. The highest BCUT2D eigenvalue weighted by Crippen LogP contribution is 2.36. The first kappa shape index (κ1) is 15.4. The monoisotopic (exact) mass is 283 g/mol. The molecule has 1 aliphatic rings. The first-order valence-electron chi connectivity index (χ1n) is 6.80. The molecule has 1 aliphatic heterocycles. The van der Waals surface area contributed by atoms with Crippen molar-refractivity contribution in [3.8, 4) is 0 Å². The van der Waals surface area contributed by atoms with E-state index in [2.05, 4.69) is 4.98 Å². The molecule has 0 unspecified atom stereocenters. The molecule has 110 valence electrons. The van der Waals surface area contributed by atoms with Crippen LogP contribution in [0.2, 0.25) is 0 Å². The summed E-state index contributed by atoms with van der Waals surface area (Å²) in [6.07, 6.45) is -0.417. The van der Waals surface area contributed by atoms with Gasteiger partial charge in [-0.15, -0.1) is 0 Å². The molecule has 3 nitrogen and oxygen atoms in total. The highest BCUT2D eigenvalue weighted by Gasteiger charge is 2.52. The van der Waals surface area contributed by atoms with E-state index in [9.17, 15) is 8.78 Å². The molecule has 2 heterocycles. The summed E-state index contributed by atoms with van der Waals surface area (Å²) in [6.45, 7) is 9.71. The molecule has 0 aliphatic carbocycles. The summed E-state index contributed by atoms with van der Waals surface area (Å²) >= 11 is 0. The van der Waals surface area contributed by atoms with Gasteiger partial charge in [0.1, 0.15) is 5.69 Å². The van der Waals surface area contributed by atoms with E-state index in [1.807, 2.05) is 34.6 Å². The molecular formula is C14H20BF2NO2. The molecule has 20 heavy (non-hydrogen) atoms. The van der Waals surface area contributed by atoms with Gasteiger partial charge >= 0.3 is 7.12 Å². The predicted octanol–water partition coefficient (Wildman–Crippen LogP) is 2.88. The van der Waals surface area contributed by atoms with Crippen molar-refractivity contribution in [3.63, 3.8) is 0 Å². The highest BCUT2D eigenvalue weighted by atomic mass is 19.3. The van der Waals surface area contributed by atoms with Gasteiger partial charge in [0.05, 0.1) is 11.2 Å². The Morgan fingerprint density at radius 3 is 2.20 bits per heavy atom. The Bertz CT molecular complexity index is 490. The second-order valence-electron chi connectivity index (χ2n) is 6.05. The molecule has 1 fully saturated rings. The summed E-state index contributed by atoms with van der Waals surface area (Å²) in [5.41, 5.74) is 0.296. The van der Waals surface area contributed by atoms with E-state index in [0.29, 0.717) is 11.9 Å².